The lowest BCUT2D eigenvalue weighted by atomic mass is 10.2. The summed E-state index contributed by atoms with van der Waals surface area (Å²) in [6.45, 7) is 8.56. The zero-order valence-corrected chi connectivity index (χ0v) is 18.7. The fourth-order valence-corrected chi connectivity index (χ4v) is 4.23. The van der Waals surface area contributed by atoms with Crippen LogP contribution in [0.15, 0.2) is 60.7 Å². The number of benzene rings is 2. The summed E-state index contributed by atoms with van der Waals surface area (Å²) in [6, 6.07) is 20.6. The van der Waals surface area contributed by atoms with Crippen molar-refractivity contribution >= 4 is 11.6 Å². The predicted octanol–water partition coefficient (Wildman–Crippen LogP) is 3.27. The van der Waals surface area contributed by atoms with Crippen LogP contribution in [-0.2, 0) is 11.3 Å². The van der Waals surface area contributed by atoms with Crippen molar-refractivity contribution in [3.63, 3.8) is 0 Å². The fourth-order valence-electron chi connectivity index (χ4n) is 4.23. The molecule has 1 aliphatic rings. The van der Waals surface area contributed by atoms with Crippen molar-refractivity contribution in [1.29, 1.82) is 0 Å². The summed E-state index contributed by atoms with van der Waals surface area (Å²) in [7, 11) is 2.01. The number of anilines is 1. The summed E-state index contributed by atoms with van der Waals surface area (Å²) in [6.07, 6.45) is 0. The average Bonchev–Trinajstić information content (AvgIpc) is 3.08. The molecule has 1 aliphatic heterocycles. The van der Waals surface area contributed by atoms with Crippen molar-refractivity contribution in [2.24, 2.45) is 0 Å². The van der Waals surface area contributed by atoms with Crippen LogP contribution in [0.2, 0.25) is 0 Å². The van der Waals surface area contributed by atoms with E-state index in [1.54, 1.807) is 0 Å². The van der Waals surface area contributed by atoms with Gasteiger partial charge in [-0.05, 0) is 45.2 Å². The lowest BCUT2D eigenvalue weighted by Gasteiger charge is -2.36. The van der Waals surface area contributed by atoms with Crippen LogP contribution in [0.1, 0.15) is 17.0 Å². The van der Waals surface area contributed by atoms with Gasteiger partial charge in [0.1, 0.15) is 0 Å². The Labute approximate surface area is 184 Å². The van der Waals surface area contributed by atoms with E-state index < -0.39 is 0 Å². The quantitative estimate of drug-likeness (QED) is 0.618. The first-order valence-corrected chi connectivity index (χ1v) is 10.9. The van der Waals surface area contributed by atoms with Gasteiger partial charge in [-0.15, -0.1) is 0 Å². The highest BCUT2D eigenvalue weighted by Gasteiger charge is 2.23. The first kappa shape index (κ1) is 21.1. The predicted molar refractivity (Wildman–Crippen MR) is 125 cm³/mol. The zero-order chi connectivity index (χ0) is 21.8. The highest BCUT2D eigenvalue weighted by Crippen LogP contribution is 2.20. The highest BCUT2D eigenvalue weighted by molar-refractivity contribution is 5.78. The second kappa shape index (κ2) is 9.35. The minimum Gasteiger partial charge on any atom is -0.368 e. The molecule has 0 radical (unpaired) electrons. The number of carbonyl (C=O) groups is 1. The third-order valence-electron chi connectivity index (χ3n) is 6.03. The smallest absolute Gasteiger partial charge is 0.236 e. The molecular weight excluding hydrogens is 386 g/mol. The van der Waals surface area contributed by atoms with E-state index in [0.29, 0.717) is 13.1 Å². The van der Waals surface area contributed by atoms with E-state index in [4.69, 9.17) is 5.10 Å². The summed E-state index contributed by atoms with van der Waals surface area (Å²) in [5.74, 6) is 0.195. The van der Waals surface area contributed by atoms with E-state index in [1.165, 1.54) is 11.3 Å². The molecule has 0 unspecified atom stereocenters. The number of likely N-dealkylation sites (N-methyl/N-ethyl adjacent to an activating group) is 1. The Bertz CT molecular complexity index is 1010. The van der Waals surface area contributed by atoms with Crippen LogP contribution in [0.3, 0.4) is 0 Å². The molecule has 2 aromatic carbocycles. The summed E-state index contributed by atoms with van der Waals surface area (Å²) < 4.78 is 1.99. The third kappa shape index (κ3) is 4.80. The number of piperazine rings is 1. The minimum atomic E-state index is 0.195. The van der Waals surface area contributed by atoms with Crippen molar-refractivity contribution < 1.29 is 4.79 Å². The summed E-state index contributed by atoms with van der Waals surface area (Å²) in [5.41, 5.74) is 5.61. The lowest BCUT2D eigenvalue weighted by Crippen LogP contribution is -2.51. The molecule has 0 spiro atoms. The van der Waals surface area contributed by atoms with E-state index in [2.05, 4.69) is 53.1 Å². The summed E-state index contributed by atoms with van der Waals surface area (Å²) in [5, 5.41) is 4.73. The van der Waals surface area contributed by atoms with Crippen LogP contribution in [-0.4, -0.2) is 65.3 Å². The molecule has 6 nitrogen and oxygen atoms in total. The van der Waals surface area contributed by atoms with Crippen LogP contribution in [0.5, 0.6) is 0 Å². The second-order valence-corrected chi connectivity index (χ2v) is 8.27. The number of aryl methyl sites for hydroxylation is 1. The molecule has 4 rings (SSSR count). The Morgan fingerprint density at radius 3 is 2.10 bits per heavy atom. The molecule has 162 valence electrons. The standard InChI is InChI=1S/C25H31N5O/c1-20-24(21(2)30(26-20)23-12-8-5-9-13-23)18-27(3)19-25(31)29-16-14-28(15-17-29)22-10-6-4-7-11-22/h4-13H,14-19H2,1-3H3. The Hall–Kier alpha value is -3.12. The lowest BCUT2D eigenvalue weighted by molar-refractivity contribution is -0.132. The number of para-hydroxylation sites is 2. The Balaban J connectivity index is 1.34. The molecule has 0 atom stereocenters. The Morgan fingerprint density at radius 2 is 1.48 bits per heavy atom. The van der Waals surface area contributed by atoms with E-state index >= 15 is 0 Å². The maximum Gasteiger partial charge on any atom is 0.236 e. The van der Waals surface area contributed by atoms with E-state index in [1.807, 2.05) is 47.8 Å². The number of aromatic nitrogens is 2. The summed E-state index contributed by atoms with van der Waals surface area (Å²) in [4.78, 5) is 19.3. The van der Waals surface area contributed by atoms with Gasteiger partial charge in [-0.3, -0.25) is 9.69 Å². The fraction of sp³-hybridized carbons (Fsp3) is 0.360. The molecule has 3 aromatic rings. The average molecular weight is 418 g/mol. The monoisotopic (exact) mass is 417 g/mol. The van der Waals surface area contributed by atoms with Gasteiger partial charge in [0.05, 0.1) is 17.9 Å². The van der Waals surface area contributed by atoms with Gasteiger partial charge in [-0.25, -0.2) is 4.68 Å². The molecule has 0 N–H and O–H groups in total. The molecule has 0 bridgehead atoms. The first-order valence-electron chi connectivity index (χ1n) is 10.9. The number of rotatable bonds is 6. The van der Waals surface area contributed by atoms with Crippen LogP contribution >= 0.6 is 0 Å². The highest BCUT2D eigenvalue weighted by atomic mass is 16.2. The van der Waals surface area contributed by atoms with Crippen molar-refractivity contribution in [3.8, 4) is 5.69 Å². The largest absolute Gasteiger partial charge is 0.368 e. The van der Waals surface area contributed by atoms with Crippen molar-refractivity contribution in [2.45, 2.75) is 20.4 Å². The van der Waals surface area contributed by atoms with E-state index in [-0.39, 0.29) is 5.91 Å². The van der Waals surface area contributed by atoms with Crippen molar-refractivity contribution in [1.82, 2.24) is 19.6 Å². The topological polar surface area (TPSA) is 44.6 Å². The van der Waals surface area contributed by atoms with Gasteiger partial charge in [0.15, 0.2) is 0 Å². The minimum absolute atomic E-state index is 0.195. The molecule has 6 heteroatoms. The molecule has 1 fully saturated rings. The zero-order valence-electron chi connectivity index (χ0n) is 18.7. The van der Waals surface area contributed by atoms with Crippen LogP contribution in [0.4, 0.5) is 5.69 Å². The SMILES string of the molecule is Cc1nn(-c2ccccc2)c(C)c1CN(C)CC(=O)N1CCN(c2ccccc2)CC1. The van der Waals surface area contributed by atoms with Crippen molar-refractivity contribution in [2.75, 3.05) is 44.7 Å². The molecule has 31 heavy (non-hydrogen) atoms. The number of carbonyl (C=O) groups excluding carboxylic acids is 1. The van der Waals surface area contributed by atoms with Gasteiger partial charge in [0, 0.05) is 49.7 Å². The summed E-state index contributed by atoms with van der Waals surface area (Å²) >= 11 is 0. The molecule has 1 saturated heterocycles. The second-order valence-electron chi connectivity index (χ2n) is 8.27. The van der Waals surface area contributed by atoms with Crippen LogP contribution in [0, 0.1) is 13.8 Å². The van der Waals surface area contributed by atoms with Gasteiger partial charge >= 0.3 is 0 Å². The molecule has 0 saturated carbocycles. The van der Waals surface area contributed by atoms with Gasteiger partial charge < -0.3 is 9.80 Å². The number of amides is 1. The maximum absolute atomic E-state index is 12.9. The van der Waals surface area contributed by atoms with Gasteiger partial charge in [0.25, 0.3) is 0 Å². The first-order chi connectivity index (χ1) is 15.0. The Morgan fingerprint density at radius 1 is 0.903 bits per heavy atom. The van der Waals surface area contributed by atoms with Crippen LogP contribution < -0.4 is 4.90 Å². The van der Waals surface area contributed by atoms with E-state index in [9.17, 15) is 4.79 Å². The van der Waals surface area contributed by atoms with Gasteiger partial charge in [-0.2, -0.15) is 5.10 Å². The van der Waals surface area contributed by atoms with E-state index in [0.717, 1.165) is 43.3 Å². The normalized spacial score (nSPS) is 14.3. The van der Waals surface area contributed by atoms with Gasteiger partial charge in [0.2, 0.25) is 5.91 Å². The maximum atomic E-state index is 12.9. The molecule has 2 heterocycles. The van der Waals surface area contributed by atoms with Gasteiger partial charge in [-0.1, -0.05) is 36.4 Å². The molecule has 1 amide bonds. The molecule has 0 aliphatic carbocycles. The third-order valence-corrected chi connectivity index (χ3v) is 6.03. The van der Waals surface area contributed by atoms with Crippen LogP contribution in [0.25, 0.3) is 5.69 Å². The Kier molecular flexibility index (Phi) is 6.37. The molecule has 1 aromatic heterocycles. The number of nitrogens with zero attached hydrogens (tertiary/aromatic N) is 5. The van der Waals surface area contributed by atoms with Crippen molar-refractivity contribution in [3.05, 3.63) is 77.6 Å². The number of hydrogen-bond donors (Lipinski definition) is 0. The number of hydrogen-bond acceptors (Lipinski definition) is 4. The molecular formula is C25H31N5O.